The van der Waals surface area contributed by atoms with E-state index in [0.717, 1.165) is 5.56 Å². The molecule has 4 nitrogen and oxygen atoms in total. The second kappa shape index (κ2) is 4.63. The SMILES string of the molecule is Cc1ccc(N=C2SCC(O)=C2C(=O)O)cc1. The molecule has 2 rings (SSSR count). The summed E-state index contributed by atoms with van der Waals surface area (Å²) in [5.41, 5.74) is 1.71. The van der Waals surface area contributed by atoms with Crippen LogP contribution in [0.3, 0.4) is 0 Å². The van der Waals surface area contributed by atoms with Crippen LogP contribution in [0.1, 0.15) is 5.56 Å². The predicted molar refractivity (Wildman–Crippen MR) is 68.0 cm³/mol. The van der Waals surface area contributed by atoms with Crippen molar-refractivity contribution in [2.75, 3.05) is 5.75 Å². The van der Waals surface area contributed by atoms with Gasteiger partial charge in [0.25, 0.3) is 0 Å². The van der Waals surface area contributed by atoms with E-state index in [1.807, 2.05) is 31.2 Å². The molecular formula is C12H11NO3S. The minimum absolute atomic E-state index is 0.0874. The largest absolute Gasteiger partial charge is 0.510 e. The molecule has 0 aromatic heterocycles. The van der Waals surface area contributed by atoms with Gasteiger partial charge in [-0.3, -0.25) is 0 Å². The Labute approximate surface area is 103 Å². The lowest BCUT2D eigenvalue weighted by molar-refractivity contribution is -0.132. The van der Waals surface area contributed by atoms with Gasteiger partial charge in [0, 0.05) is 0 Å². The number of rotatable bonds is 2. The first-order valence-electron chi connectivity index (χ1n) is 5.02. The summed E-state index contributed by atoms with van der Waals surface area (Å²) in [7, 11) is 0. The topological polar surface area (TPSA) is 69.9 Å². The fourth-order valence-corrected chi connectivity index (χ4v) is 2.38. The smallest absolute Gasteiger partial charge is 0.341 e. The zero-order valence-electron chi connectivity index (χ0n) is 9.17. The van der Waals surface area contributed by atoms with E-state index in [4.69, 9.17) is 5.11 Å². The number of aliphatic hydroxyl groups excluding tert-OH is 1. The molecule has 1 aromatic rings. The number of thioether (sulfide) groups is 1. The van der Waals surface area contributed by atoms with Crippen molar-refractivity contribution in [1.82, 2.24) is 0 Å². The summed E-state index contributed by atoms with van der Waals surface area (Å²) in [4.78, 5) is 15.2. The number of carboxylic acid groups (broad SMARTS) is 1. The molecule has 1 aliphatic rings. The molecule has 0 aliphatic carbocycles. The fourth-order valence-electron chi connectivity index (χ4n) is 1.44. The van der Waals surface area contributed by atoms with Crippen molar-refractivity contribution in [2.24, 2.45) is 4.99 Å². The van der Waals surface area contributed by atoms with Gasteiger partial charge in [0.2, 0.25) is 0 Å². The second-order valence-electron chi connectivity index (χ2n) is 3.67. The Kier molecular flexibility index (Phi) is 3.19. The summed E-state index contributed by atoms with van der Waals surface area (Å²) in [5.74, 6) is -0.987. The van der Waals surface area contributed by atoms with Crippen LogP contribution >= 0.6 is 11.8 Å². The summed E-state index contributed by atoms with van der Waals surface area (Å²) in [5, 5.41) is 18.8. The average molecular weight is 249 g/mol. The zero-order valence-corrected chi connectivity index (χ0v) is 9.99. The molecule has 0 fully saturated rings. The van der Waals surface area contributed by atoms with Crippen molar-refractivity contribution in [3.05, 3.63) is 41.2 Å². The zero-order chi connectivity index (χ0) is 12.4. The molecule has 17 heavy (non-hydrogen) atoms. The van der Waals surface area contributed by atoms with E-state index in [-0.39, 0.29) is 17.1 Å². The van der Waals surface area contributed by atoms with Crippen LogP contribution in [0.25, 0.3) is 0 Å². The molecule has 0 atom stereocenters. The van der Waals surface area contributed by atoms with Gasteiger partial charge in [-0.25, -0.2) is 9.79 Å². The fraction of sp³-hybridized carbons (Fsp3) is 0.167. The van der Waals surface area contributed by atoms with Gasteiger partial charge in [0.1, 0.15) is 16.4 Å². The number of benzene rings is 1. The molecule has 2 N–H and O–H groups in total. The third-order valence-corrected chi connectivity index (χ3v) is 3.31. The molecule has 1 aliphatic heterocycles. The Morgan fingerprint density at radius 3 is 2.59 bits per heavy atom. The number of aryl methyl sites for hydroxylation is 1. The van der Waals surface area contributed by atoms with E-state index >= 15 is 0 Å². The Morgan fingerprint density at radius 2 is 2.00 bits per heavy atom. The van der Waals surface area contributed by atoms with E-state index in [0.29, 0.717) is 10.7 Å². The van der Waals surface area contributed by atoms with Gasteiger partial charge < -0.3 is 10.2 Å². The number of aliphatic hydroxyl groups is 1. The van der Waals surface area contributed by atoms with Crippen LogP contribution in [0.15, 0.2) is 40.6 Å². The quantitative estimate of drug-likeness (QED) is 0.845. The highest BCUT2D eigenvalue weighted by molar-refractivity contribution is 8.15. The van der Waals surface area contributed by atoms with E-state index in [1.165, 1.54) is 11.8 Å². The molecule has 1 aromatic carbocycles. The lowest BCUT2D eigenvalue weighted by Gasteiger charge is -1.99. The standard InChI is InChI=1S/C12H11NO3S/c1-7-2-4-8(5-3-7)13-11-10(12(15)16)9(14)6-17-11/h2-5,14H,6H2,1H3,(H,15,16). The van der Waals surface area contributed by atoms with Gasteiger partial charge in [-0.2, -0.15) is 0 Å². The second-order valence-corrected chi connectivity index (χ2v) is 4.63. The van der Waals surface area contributed by atoms with Crippen LogP contribution in [0.4, 0.5) is 5.69 Å². The van der Waals surface area contributed by atoms with Gasteiger partial charge in [0.05, 0.1) is 11.4 Å². The number of hydrogen-bond acceptors (Lipinski definition) is 4. The van der Waals surface area contributed by atoms with Gasteiger partial charge in [-0.1, -0.05) is 29.5 Å². The highest BCUT2D eigenvalue weighted by Crippen LogP contribution is 2.29. The first kappa shape index (κ1) is 11.7. The maximum atomic E-state index is 11.0. The lowest BCUT2D eigenvalue weighted by Crippen LogP contribution is -2.07. The molecule has 0 saturated carbocycles. The predicted octanol–water partition coefficient (Wildman–Crippen LogP) is 2.67. The Balaban J connectivity index is 2.35. The Bertz CT molecular complexity index is 517. The molecule has 5 heteroatoms. The lowest BCUT2D eigenvalue weighted by atomic mass is 10.2. The minimum atomic E-state index is -1.14. The third kappa shape index (κ3) is 2.50. The molecule has 0 bridgehead atoms. The van der Waals surface area contributed by atoms with Crippen molar-refractivity contribution in [3.8, 4) is 0 Å². The van der Waals surface area contributed by atoms with Gasteiger partial charge in [0.15, 0.2) is 0 Å². The van der Waals surface area contributed by atoms with Crippen molar-refractivity contribution in [1.29, 1.82) is 0 Å². The number of nitrogens with zero attached hydrogens (tertiary/aromatic N) is 1. The summed E-state index contributed by atoms with van der Waals surface area (Å²) in [6.45, 7) is 1.97. The monoisotopic (exact) mass is 249 g/mol. The Hall–Kier alpha value is -1.75. The van der Waals surface area contributed by atoms with Crippen LogP contribution < -0.4 is 0 Å². The number of aliphatic imine (C=N–C) groups is 1. The molecule has 0 saturated heterocycles. The number of carboxylic acids is 1. The minimum Gasteiger partial charge on any atom is -0.510 e. The van der Waals surface area contributed by atoms with Crippen molar-refractivity contribution in [2.45, 2.75) is 6.92 Å². The molecule has 0 unspecified atom stereocenters. The third-order valence-electron chi connectivity index (χ3n) is 2.33. The molecule has 0 amide bonds. The van der Waals surface area contributed by atoms with Crippen LogP contribution in [-0.2, 0) is 4.79 Å². The summed E-state index contributed by atoms with van der Waals surface area (Å²) in [6, 6.07) is 7.45. The van der Waals surface area contributed by atoms with Crippen molar-refractivity contribution < 1.29 is 15.0 Å². The van der Waals surface area contributed by atoms with Crippen LogP contribution in [0, 0.1) is 6.92 Å². The first-order chi connectivity index (χ1) is 8.08. The average Bonchev–Trinajstić information content (AvgIpc) is 2.63. The number of hydrogen-bond donors (Lipinski definition) is 2. The van der Waals surface area contributed by atoms with E-state index in [9.17, 15) is 9.90 Å². The van der Waals surface area contributed by atoms with Crippen molar-refractivity contribution in [3.63, 3.8) is 0 Å². The molecule has 0 spiro atoms. The normalized spacial score (nSPS) is 17.8. The maximum absolute atomic E-state index is 11.0. The highest BCUT2D eigenvalue weighted by Gasteiger charge is 2.27. The number of aliphatic carboxylic acids is 1. The van der Waals surface area contributed by atoms with Crippen molar-refractivity contribution >= 4 is 28.5 Å². The molecular weight excluding hydrogens is 238 g/mol. The summed E-state index contributed by atoms with van der Waals surface area (Å²) < 4.78 is 0. The molecule has 1 heterocycles. The van der Waals surface area contributed by atoms with Gasteiger partial charge in [-0.15, -0.1) is 0 Å². The highest BCUT2D eigenvalue weighted by atomic mass is 32.2. The van der Waals surface area contributed by atoms with Crippen LogP contribution in [0.5, 0.6) is 0 Å². The summed E-state index contributed by atoms with van der Waals surface area (Å²) >= 11 is 1.23. The van der Waals surface area contributed by atoms with Gasteiger partial charge >= 0.3 is 5.97 Å². The van der Waals surface area contributed by atoms with E-state index in [2.05, 4.69) is 4.99 Å². The Morgan fingerprint density at radius 1 is 1.35 bits per heavy atom. The molecule has 88 valence electrons. The molecule has 0 radical (unpaired) electrons. The van der Waals surface area contributed by atoms with Crippen LogP contribution in [-0.4, -0.2) is 27.0 Å². The van der Waals surface area contributed by atoms with E-state index in [1.54, 1.807) is 0 Å². The van der Waals surface area contributed by atoms with E-state index < -0.39 is 5.97 Å². The van der Waals surface area contributed by atoms with Gasteiger partial charge in [-0.05, 0) is 19.1 Å². The van der Waals surface area contributed by atoms with Crippen LogP contribution in [0.2, 0.25) is 0 Å². The summed E-state index contributed by atoms with van der Waals surface area (Å²) in [6.07, 6.45) is 0. The first-order valence-corrected chi connectivity index (χ1v) is 6.00. The number of carbonyl (C=O) groups is 1. The maximum Gasteiger partial charge on any atom is 0.341 e.